The quantitative estimate of drug-likeness (QED) is 0.255. The molecule has 2 aromatic rings. The van der Waals surface area contributed by atoms with Crippen LogP contribution in [-0.4, -0.2) is 88.8 Å². The second-order valence-corrected chi connectivity index (χ2v) is 22.5. The number of hydrogen-bond donors (Lipinski definition) is 3. The van der Waals surface area contributed by atoms with E-state index in [0.717, 1.165) is 18.4 Å². The highest BCUT2D eigenvalue weighted by molar-refractivity contribution is 7.91. The van der Waals surface area contributed by atoms with E-state index in [1.807, 2.05) is 48.6 Å². The number of alkyl carbamates (subject to hydrolysis) is 1. The van der Waals surface area contributed by atoms with Gasteiger partial charge in [0, 0.05) is 24.0 Å². The van der Waals surface area contributed by atoms with E-state index >= 15 is 0 Å². The monoisotopic (exact) mass is 883 g/mol. The largest absolute Gasteiger partial charge is 0.484 e. The van der Waals surface area contributed by atoms with Crippen LogP contribution in [0.5, 0.6) is 11.5 Å². The van der Waals surface area contributed by atoms with E-state index in [9.17, 15) is 27.6 Å². The Morgan fingerprint density at radius 1 is 0.984 bits per heavy atom. The van der Waals surface area contributed by atoms with Crippen LogP contribution in [0.1, 0.15) is 123 Å². The molecule has 3 N–H and O–H groups in total. The number of aromatic nitrogens is 1. The van der Waals surface area contributed by atoms with Gasteiger partial charge in [0.25, 0.3) is 5.91 Å². The molecule has 4 amide bonds. The van der Waals surface area contributed by atoms with Gasteiger partial charge >= 0.3 is 6.09 Å². The van der Waals surface area contributed by atoms with Gasteiger partial charge in [0.1, 0.15) is 35.4 Å². The van der Waals surface area contributed by atoms with Crippen LogP contribution in [0, 0.1) is 5.92 Å². The first-order chi connectivity index (χ1) is 29.7. The molecule has 0 spiro atoms. The summed E-state index contributed by atoms with van der Waals surface area (Å²) in [7, 11) is -4.01. The van der Waals surface area contributed by atoms with Gasteiger partial charge in [-0.05, 0) is 83.3 Å². The lowest BCUT2D eigenvalue weighted by Crippen LogP contribution is -2.58. The zero-order valence-corrected chi connectivity index (χ0v) is 38.2. The number of nitrogens with zero attached hydrogens (tertiary/aromatic N) is 2. The van der Waals surface area contributed by atoms with Crippen molar-refractivity contribution in [3.05, 3.63) is 78.0 Å². The topological polar surface area (TPSA) is 182 Å². The van der Waals surface area contributed by atoms with Crippen LogP contribution in [0.15, 0.2) is 66.8 Å². The molecule has 15 heteroatoms. The molecule has 0 bridgehead atoms. The fourth-order valence-corrected chi connectivity index (χ4v) is 10.2. The van der Waals surface area contributed by atoms with E-state index < -0.39 is 73.8 Å². The summed E-state index contributed by atoms with van der Waals surface area (Å²) < 4.78 is 46.7. The average molecular weight is 884 g/mol. The first kappa shape index (κ1) is 44.4. The number of pyridine rings is 1. The predicted octanol–water partition coefficient (Wildman–Crippen LogP) is 6.65. The van der Waals surface area contributed by atoms with Gasteiger partial charge < -0.3 is 29.7 Å². The number of amides is 4. The molecular formula is C48H61N5O9S. The second-order valence-electron chi connectivity index (χ2n) is 20.3. The van der Waals surface area contributed by atoms with E-state index in [1.54, 1.807) is 27.7 Å². The molecular weight excluding hydrogens is 823 g/mol. The molecule has 1 aromatic carbocycles. The predicted molar refractivity (Wildman–Crippen MR) is 237 cm³/mol. The van der Waals surface area contributed by atoms with Gasteiger partial charge in [-0.1, -0.05) is 88.3 Å². The van der Waals surface area contributed by atoms with E-state index in [-0.39, 0.29) is 36.8 Å². The van der Waals surface area contributed by atoms with Gasteiger partial charge in [0.05, 0.1) is 28.6 Å². The Bertz CT molecular complexity index is 2360. The number of sulfonamides is 1. The highest BCUT2D eigenvalue weighted by Gasteiger charge is 2.63. The normalized spacial score (nSPS) is 29.3. The Kier molecular flexibility index (Phi) is 11.6. The van der Waals surface area contributed by atoms with Crippen LogP contribution in [0.2, 0.25) is 0 Å². The van der Waals surface area contributed by atoms with Crippen molar-refractivity contribution < 1.29 is 41.8 Å². The minimum Gasteiger partial charge on any atom is -0.484 e. The minimum absolute atomic E-state index is 0.0297. The van der Waals surface area contributed by atoms with Crippen LogP contribution in [0.25, 0.3) is 11.3 Å². The number of benzene rings is 1. The van der Waals surface area contributed by atoms with Crippen molar-refractivity contribution in [1.29, 1.82) is 0 Å². The maximum Gasteiger partial charge on any atom is 0.408 e. The Labute approximate surface area is 370 Å². The van der Waals surface area contributed by atoms with Gasteiger partial charge in [-0.2, -0.15) is 0 Å². The molecule has 6 aliphatic rings. The van der Waals surface area contributed by atoms with Crippen molar-refractivity contribution in [1.82, 2.24) is 25.2 Å². The van der Waals surface area contributed by atoms with Gasteiger partial charge in [0.2, 0.25) is 21.8 Å². The van der Waals surface area contributed by atoms with Gasteiger partial charge in [0.15, 0.2) is 11.5 Å². The molecule has 3 fully saturated rings. The molecule has 63 heavy (non-hydrogen) atoms. The molecule has 2 saturated carbocycles. The first-order valence-electron chi connectivity index (χ1n) is 22.4. The standard InChI is InChI=1S/C48H61N5O9S/c1-45(2,3)30-21-19-29(20-22-30)35-26-38(40-39(49-35)33-16-13-14-18-37(33)61-40)60-32-25-36-41(54)51-48(43(56)52-63(58,59)47(7)23-24-47)27-31(48)15-11-9-8-10-12-17-34(42(55)53(36)28-32)50-44(57)62-46(4,5)6/h11,13-16,18-22,26,31-34,36-37H,8-10,12,17,23-25,27-28H2,1-7H3,(H,50,57)(H,51,54)(H,52,56)/b15-11-/t31-,32-,33?,34+,36+,37?,48-/m1/s1. The molecule has 1 aromatic heterocycles. The van der Waals surface area contributed by atoms with Gasteiger partial charge in [-0.3, -0.25) is 19.1 Å². The van der Waals surface area contributed by atoms with Crippen molar-refractivity contribution in [3.8, 4) is 22.8 Å². The molecule has 4 heterocycles. The summed E-state index contributed by atoms with van der Waals surface area (Å²) in [6.07, 6.45) is 14.2. The lowest BCUT2D eigenvalue weighted by Gasteiger charge is -2.30. The maximum atomic E-state index is 14.8. The van der Waals surface area contributed by atoms with Crippen molar-refractivity contribution >= 4 is 33.8 Å². The average Bonchev–Trinajstić information content (AvgIpc) is 4.03. The van der Waals surface area contributed by atoms with Crippen LogP contribution in [-0.2, 0) is 34.6 Å². The molecule has 0 radical (unpaired) electrons. The third-order valence-corrected chi connectivity index (χ3v) is 15.3. The minimum atomic E-state index is -4.01. The zero-order chi connectivity index (χ0) is 45.1. The second kappa shape index (κ2) is 16.4. The molecule has 3 aliphatic carbocycles. The van der Waals surface area contributed by atoms with Crippen LogP contribution >= 0.6 is 0 Å². The van der Waals surface area contributed by atoms with Crippen LogP contribution in [0.3, 0.4) is 0 Å². The number of fused-ring (bicyclic) bond motifs is 5. The van der Waals surface area contributed by atoms with Crippen LogP contribution in [0.4, 0.5) is 4.79 Å². The van der Waals surface area contributed by atoms with E-state index in [4.69, 9.17) is 19.2 Å². The third kappa shape index (κ3) is 9.26. The number of carbonyl (C=O) groups excluding carboxylic acids is 4. The molecule has 338 valence electrons. The summed E-state index contributed by atoms with van der Waals surface area (Å²) >= 11 is 0. The molecule has 3 aliphatic heterocycles. The van der Waals surface area contributed by atoms with Gasteiger partial charge in [-0.25, -0.2) is 18.2 Å². The summed E-state index contributed by atoms with van der Waals surface area (Å²) in [5, 5.41) is 5.73. The Hall–Kier alpha value is -5.18. The Morgan fingerprint density at radius 2 is 1.71 bits per heavy atom. The van der Waals surface area contributed by atoms with Crippen molar-refractivity contribution in [2.45, 2.75) is 158 Å². The molecule has 1 saturated heterocycles. The summed E-state index contributed by atoms with van der Waals surface area (Å²) in [6.45, 7) is 13.3. The number of rotatable bonds is 7. The molecule has 8 rings (SSSR count). The van der Waals surface area contributed by atoms with Crippen LogP contribution < -0.4 is 24.8 Å². The summed E-state index contributed by atoms with van der Waals surface area (Å²) in [5.74, 6) is -1.62. The highest BCUT2D eigenvalue weighted by atomic mass is 32.2. The summed E-state index contributed by atoms with van der Waals surface area (Å²) in [4.78, 5) is 63.3. The van der Waals surface area contributed by atoms with Crippen molar-refractivity contribution in [2.24, 2.45) is 5.92 Å². The number of carbonyl (C=O) groups is 4. The molecule has 2 unspecified atom stereocenters. The lowest BCUT2D eigenvalue weighted by atomic mass is 9.86. The fourth-order valence-electron chi connectivity index (χ4n) is 8.91. The highest BCUT2D eigenvalue weighted by Crippen LogP contribution is 2.49. The Morgan fingerprint density at radius 3 is 2.41 bits per heavy atom. The maximum absolute atomic E-state index is 14.8. The SMILES string of the molecule is CC(C)(C)OC(=O)N[C@H]1CCCCC/C=C\[C@@H]2C[C@@]2(C(=O)NS(=O)(=O)C2(C)CC2)NC(=O)[C@@H]2C[C@@H](Oc3cc(-c4ccc(C(C)(C)C)cc4)nc4c3OC3C=CC=CC43)CN2C1=O. The Balaban J connectivity index is 1.13. The lowest BCUT2D eigenvalue weighted by molar-refractivity contribution is -0.141. The smallest absolute Gasteiger partial charge is 0.408 e. The number of hydrogen-bond acceptors (Lipinski definition) is 10. The van der Waals surface area contributed by atoms with Gasteiger partial charge in [-0.15, -0.1) is 0 Å². The van der Waals surface area contributed by atoms with E-state index in [0.29, 0.717) is 55.0 Å². The third-order valence-electron chi connectivity index (χ3n) is 13.1. The van der Waals surface area contributed by atoms with Crippen molar-refractivity contribution in [2.75, 3.05) is 6.54 Å². The van der Waals surface area contributed by atoms with E-state index in [2.05, 4.69) is 54.3 Å². The first-order valence-corrected chi connectivity index (χ1v) is 23.8. The number of ether oxygens (including phenoxy) is 3. The van der Waals surface area contributed by atoms with E-state index in [1.165, 1.54) is 10.5 Å². The number of nitrogens with one attached hydrogen (secondary N) is 3. The summed E-state index contributed by atoms with van der Waals surface area (Å²) in [6, 6.07) is 7.94. The fraction of sp³-hybridized carbons (Fsp3) is 0.562. The number of allylic oxidation sites excluding steroid dienone is 3. The molecule has 7 atom stereocenters. The van der Waals surface area contributed by atoms with Crippen molar-refractivity contribution in [3.63, 3.8) is 0 Å². The zero-order valence-electron chi connectivity index (χ0n) is 37.4. The summed E-state index contributed by atoms with van der Waals surface area (Å²) in [5.41, 5.74) is 1.05. The molecule has 14 nitrogen and oxygen atoms in total.